The SMILES string of the molecule is CC1CN(CC(=O)NCC(C)c2nc3ccccc3s2)C(C)CO1. The van der Waals surface area contributed by atoms with Crippen LogP contribution in [0.3, 0.4) is 0 Å². The molecule has 1 fully saturated rings. The van der Waals surface area contributed by atoms with Crippen molar-refractivity contribution in [2.24, 2.45) is 0 Å². The van der Waals surface area contributed by atoms with Crippen LogP contribution < -0.4 is 5.32 Å². The molecule has 2 heterocycles. The Bertz CT molecular complexity index is 669. The van der Waals surface area contributed by atoms with E-state index in [4.69, 9.17) is 4.74 Å². The van der Waals surface area contributed by atoms with E-state index in [2.05, 4.69) is 35.1 Å². The molecule has 1 N–H and O–H groups in total. The van der Waals surface area contributed by atoms with Crippen molar-refractivity contribution in [2.75, 3.05) is 26.2 Å². The van der Waals surface area contributed by atoms with Crippen molar-refractivity contribution in [3.8, 4) is 0 Å². The first-order chi connectivity index (χ1) is 11.5. The van der Waals surface area contributed by atoms with Gasteiger partial charge in [0.05, 0.1) is 34.5 Å². The normalized spacial score (nSPS) is 23.3. The van der Waals surface area contributed by atoms with E-state index in [1.165, 1.54) is 4.70 Å². The fourth-order valence-corrected chi connectivity index (χ4v) is 3.91. The molecule has 1 amide bonds. The predicted octanol–water partition coefficient (Wildman–Crippen LogP) is 2.63. The van der Waals surface area contributed by atoms with Gasteiger partial charge in [-0.25, -0.2) is 4.98 Å². The van der Waals surface area contributed by atoms with E-state index in [1.54, 1.807) is 11.3 Å². The summed E-state index contributed by atoms with van der Waals surface area (Å²) in [6, 6.07) is 8.43. The van der Waals surface area contributed by atoms with Crippen molar-refractivity contribution in [3.63, 3.8) is 0 Å². The molecule has 1 aromatic carbocycles. The summed E-state index contributed by atoms with van der Waals surface area (Å²) in [6.45, 7) is 8.80. The molecule has 3 atom stereocenters. The quantitative estimate of drug-likeness (QED) is 0.903. The van der Waals surface area contributed by atoms with Gasteiger partial charge in [0.2, 0.25) is 5.91 Å². The lowest BCUT2D eigenvalue weighted by Gasteiger charge is -2.36. The fourth-order valence-electron chi connectivity index (χ4n) is 2.89. The van der Waals surface area contributed by atoms with Gasteiger partial charge in [-0.2, -0.15) is 0 Å². The number of benzene rings is 1. The number of carbonyl (C=O) groups excluding carboxylic acids is 1. The Morgan fingerprint density at radius 3 is 3.04 bits per heavy atom. The van der Waals surface area contributed by atoms with Crippen LogP contribution in [0.15, 0.2) is 24.3 Å². The van der Waals surface area contributed by atoms with Crippen molar-refractivity contribution in [2.45, 2.75) is 38.8 Å². The molecule has 3 rings (SSSR count). The van der Waals surface area contributed by atoms with Crippen molar-refractivity contribution in [1.82, 2.24) is 15.2 Å². The number of hydrogen-bond donors (Lipinski definition) is 1. The summed E-state index contributed by atoms with van der Waals surface area (Å²) in [7, 11) is 0. The van der Waals surface area contributed by atoms with Crippen LogP contribution in [0.5, 0.6) is 0 Å². The van der Waals surface area contributed by atoms with Gasteiger partial charge in [0.15, 0.2) is 0 Å². The number of thiazole rings is 1. The summed E-state index contributed by atoms with van der Waals surface area (Å²) in [6.07, 6.45) is 0.190. The number of amides is 1. The van der Waals surface area contributed by atoms with Crippen LogP contribution in [0, 0.1) is 0 Å². The fraction of sp³-hybridized carbons (Fsp3) is 0.556. The lowest BCUT2D eigenvalue weighted by Crippen LogP contribution is -2.51. The highest BCUT2D eigenvalue weighted by molar-refractivity contribution is 7.18. The number of hydrogen-bond acceptors (Lipinski definition) is 5. The van der Waals surface area contributed by atoms with E-state index < -0.39 is 0 Å². The first-order valence-electron chi connectivity index (χ1n) is 8.50. The van der Waals surface area contributed by atoms with E-state index >= 15 is 0 Å². The second-order valence-electron chi connectivity index (χ2n) is 6.65. The molecule has 24 heavy (non-hydrogen) atoms. The Hall–Kier alpha value is -1.50. The third-order valence-corrected chi connectivity index (χ3v) is 5.69. The minimum absolute atomic E-state index is 0.0731. The molecule has 0 spiro atoms. The Kier molecular flexibility index (Phi) is 5.48. The minimum Gasteiger partial charge on any atom is -0.376 e. The number of rotatable bonds is 5. The first-order valence-corrected chi connectivity index (χ1v) is 9.32. The zero-order valence-corrected chi connectivity index (χ0v) is 15.3. The molecule has 130 valence electrons. The summed E-state index contributed by atoms with van der Waals surface area (Å²) in [5, 5.41) is 4.13. The van der Waals surface area contributed by atoms with Crippen LogP contribution in [-0.2, 0) is 9.53 Å². The van der Waals surface area contributed by atoms with E-state index in [0.29, 0.717) is 19.7 Å². The highest BCUT2D eigenvalue weighted by atomic mass is 32.1. The smallest absolute Gasteiger partial charge is 0.234 e. The zero-order valence-electron chi connectivity index (χ0n) is 14.5. The highest BCUT2D eigenvalue weighted by Crippen LogP contribution is 2.26. The number of morpholine rings is 1. The lowest BCUT2D eigenvalue weighted by molar-refractivity contribution is -0.125. The van der Waals surface area contributed by atoms with Crippen molar-refractivity contribution >= 4 is 27.5 Å². The number of fused-ring (bicyclic) bond motifs is 1. The molecule has 1 aromatic heterocycles. The van der Waals surface area contributed by atoms with Crippen LogP contribution in [0.4, 0.5) is 0 Å². The average Bonchev–Trinajstić information content (AvgIpc) is 3.00. The van der Waals surface area contributed by atoms with E-state index in [-0.39, 0.29) is 24.0 Å². The number of aromatic nitrogens is 1. The number of para-hydroxylation sites is 1. The summed E-state index contributed by atoms with van der Waals surface area (Å²) >= 11 is 1.70. The van der Waals surface area contributed by atoms with Crippen LogP contribution in [0.2, 0.25) is 0 Å². The average molecular weight is 347 g/mol. The third kappa shape index (κ3) is 4.12. The third-order valence-electron chi connectivity index (χ3n) is 4.42. The second kappa shape index (κ2) is 7.59. The van der Waals surface area contributed by atoms with Gasteiger partial charge >= 0.3 is 0 Å². The van der Waals surface area contributed by atoms with E-state index in [1.807, 2.05) is 25.1 Å². The topological polar surface area (TPSA) is 54.5 Å². The monoisotopic (exact) mass is 347 g/mol. The minimum atomic E-state index is 0.0731. The molecule has 0 aliphatic carbocycles. The first kappa shape index (κ1) is 17.3. The van der Waals surface area contributed by atoms with Gasteiger partial charge < -0.3 is 10.1 Å². The summed E-state index contributed by atoms with van der Waals surface area (Å²) in [5.41, 5.74) is 1.03. The molecule has 0 saturated carbocycles. The Labute approximate surface area is 147 Å². The van der Waals surface area contributed by atoms with Crippen molar-refractivity contribution < 1.29 is 9.53 Å². The van der Waals surface area contributed by atoms with Crippen molar-refractivity contribution in [1.29, 1.82) is 0 Å². The molecule has 0 radical (unpaired) electrons. The molecule has 1 aliphatic rings. The lowest BCUT2D eigenvalue weighted by atomic mass is 10.2. The molecule has 1 aliphatic heterocycles. The second-order valence-corrected chi connectivity index (χ2v) is 7.71. The maximum absolute atomic E-state index is 12.3. The molecule has 3 unspecified atom stereocenters. The summed E-state index contributed by atoms with van der Waals surface area (Å²) < 4.78 is 6.80. The van der Waals surface area contributed by atoms with Gasteiger partial charge in [-0.3, -0.25) is 9.69 Å². The number of ether oxygens (including phenoxy) is 1. The summed E-state index contributed by atoms with van der Waals surface area (Å²) in [5.74, 6) is 0.288. The maximum Gasteiger partial charge on any atom is 0.234 e. The molecular weight excluding hydrogens is 322 g/mol. The van der Waals surface area contributed by atoms with Crippen LogP contribution in [0.1, 0.15) is 31.7 Å². The highest BCUT2D eigenvalue weighted by Gasteiger charge is 2.25. The zero-order chi connectivity index (χ0) is 17.1. The Balaban J connectivity index is 1.51. The van der Waals surface area contributed by atoms with Crippen LogP contribution >= 0.6 is 11.3 Å². The molecule has 1 saturated heterocycles. The molecule has 0 bridgehead atoms. The van der Waals surface area contributed by atoms with Crippen molar-refractivity contribution in [3.05, 3.63) is 29.3 Å². The van der Waals surface area contributed by atoms with Gasteiger partial charge in [-0.1, -0.05) is 19.1 Å². The van der Waals surface area contributed by atoms with Crippen LogP contribution in [-0.4, -0.2) is 54.2 Å². The van der Waals surface area contributed by atoms with Gasteiger partial charge in [0.1, 0.15) is 0 Å². The molecular formula is C18H25N3O2S. The summed E-state index contributed by atoms with van der Waals surface area (Å²) in [4.78, 5) is 19.1. The molecule has 5 nitrogen and oxygen atoms in total. The Morgan fingerprint density at radius 2 is 2.25 bits per heavy atom. The maximum atomic E-state index is 12.3. The van der Waals surface area contributed by atoms with E-state index in [0.717, 1.165) is 17.1 Å². The number of nitrogens with one attached hydrogen (secondary N) is 1. The predicted molar refractivity (Wildman–Crippen MR) is 97.5 cm³/mol. The van der Waals surface area contributed by atoms with Gasteiger partial charge in [0, 0.05) is 25.0 Å². The standard InChI is InChI=1S/C18H25N3O2S/c1-12(18-20-15-6-4-5-7-16(15)24-18)8-19-17(22)10-21-9-14(3)23-11-13(21)2/h4-7,12-14H,8-11H2,1-3H3,(H,19,22). The largest absolute Gasteiger partial charge is 0.376 e. The molecule has 2 aromatic rings. The number of carbonyl (C=O) groups is 1. The van der Waals surface area contributed by atoms with Crippen LogP contribution in [0.25, 0.3) is 10.2 Å². The van der Waals surface area contributed by atoms with E-state index in [9.17, 15) is 4.79 Å². The van der Waals surface area contributed by atoms with Gasteiger partial charge in [-0.15, -0.1) is 11.3 Å². The van der Waals surface area contributed by atoms with Gasteiger partial charge in [0.25, 0.3) is 0 Å². The number of nitrogens with zero attached hydrogens (tertiary/aromatic N) is 2. The Morgan fingerprint density at radius 1 is 1.46 bits per heavy atom. The molecule has 6 heteroatoms. The van der Waals surface area contributed by atoms with Gasteiger partial charge in [-0.05, 0) is 26.0 Å².